The summed E-state index contributed by atoms with van der Waals surface area (Å²) in [4.78, 5) is 144. The first kappa shape index (κ1) is 64.9. The molecule has 0 unspecified atom stereocenters. The fourth-order valence-electron chi connectivity index (χ4n) is 9.70. The van der Waals surface area contributed by atoms with Gasteiger partial charge in [0.2, 0.25) is 53.2 Å². The smallest absolute Gasteiger partial charge is 0.326 e. The van der Waals surface area contributed by atoms with Gasteiger partial charge in [0, 0.05) is 31.8 Å². The van der Waals surface area contributed by atoms with E-state index in [1.807, 2.05) is 0 Å². The first-order valence-electron chi connectivity index (χ1n) is 27.3. The van der Waals surface area contributed by atoms with Gasteiger partial charge in [0.05, 0.1) is 18.8 Å². The van der Waals surface area contributed by atoms with Gasteiger partial charge in [-0.25, -0.2) is 4.79 Å². The third kappa shape index (κ3) is 18.8. The first-order valence-corrected chi connectivity index (χ1v) is 27.9. The Hall–Kier alpha value is -6.58. The van der Waals surface area contributed by atoms with E-state index in [9.17, 15) is 63.3 Å². The van der Waals surface area contributed by atoms with E-state index in [1.54, 1.807) is 58.0 Å². The molecule has 26 nitrogen and oxygen atoms in total. The number of amides is 9. The van der Waals surface area contributed by atoms with Crippen molar-refractivity contribution in [2.45, 2.75) is 172 Å². The Balaban J connectivity index is 1.48. The molecule has 0 spiro atoms. The van der Waals surface area contributed by atoms with Crippen LogP contribution in [0.5, 0.6) is 0 Å². The second-order valence-electron chi connectivity index (χ2n) is 20.6. The third-order valence-electron chi connectivity index (χ3n) is 14.8. The molecule has 15 N–H and O–H groups in total. The van der Waals surface area contributed by atoms with E-state index in [0.29, 0.717) is 50.6 Å². The molecule has 0 aliphatic carbocycles. The number of carboxylic acid groups (broad SMARTS) is 1. The maximum Gasteiger partial charge on any atom is 0.326 e. The Morgan fingerprint density at radius 2 is 1.25 bits per heavy atom. The summed E-state index contributed by atoms with van der Waals surface area (Å²) in [6, 6.07) is -3.90. The molecule has 3 aliphatic heterocycles. The highest BCUT2D eigenvalue weighted by atomic mass is 32.1. The third-order valence-corrected chi connectivity index (χ3v) is 15.1. The van der Waals surface area contributed by atoms with Crippen LogP contribution in [-0.4, -0.2) is 195 Å². The molecule has 0 radical (unpaired) electrons. The zero-order chi connectivity index (χ0) is 58.5. The lowest BCUT2D eigenvalue weighted by molar-refractivity contribution is -0.149. The van der Waals surface area contributed by atoms with Crippen LogP contribution in [0.1, 0.15) is 104 Å². The number of carboxylic acids is 1. The van der Waals surface area contributed by atoms with E-state index < -0.39 is 138 Å². The molecule has 79 heavy (non-hydrogen) atoms. The number of nitrogens with one attached hydrogen (secondary N) is 8. The highest BCUT2D eigenvalue weighted by molar-refractivity contribution is 7.80. The average Bonchev–Trinajstić information content (AvgIpc) is 4.27. The van der Waals surface area contributed by atoms with E-state index >= 15 is 0 Å². The van der Waals surface area contributed by atoms with Crippen molar-refractivity contribution >= 4 is 77.7 Å². The van der Waals surface area contributed by atoms with Gasteiger partial charge >= 0.3 is 5.97 Å². The van der Waals surface area contributed by atoms with Crippen LogP contribution in [0, 0.1) is 11.8 Å². The number of nitrogens with two attached hydrogens (primary N) is 2. The van der Waals surface area contributed by atoms with Crippen LogP contribution in [0.3, 0.4) is 0 Å². The quantitative estimate of drug-likeness (QED) is 0.0157. The number of thiol groups is 1. The Bertz CT molecular complexity index is 2300. The number of aliphatic hydroxyl groups is 2. The molecule has 1 aromatic carbocycles. The summed E-state index contributed by atoms with van der Waals surface area (Å²) in [6.45, 7) is 8.39. The van der Waals surface area contributed by atoms with Gasteiger partial charge in [-0.15, -0.1) is 0 Å². The molecule has 3 saturated heterocycles. The van der Waals surface area contributed by atoms with E-state index in [2.05, 4.69) is 60.2 Å². The Kier molecular flexibility index (Phi) is 26.2. The van der Waals surface area contributed by atoms with Crippen molar-refractivity contribution in [2.24, 2.45) is 28.3 Å². The lowest BCUT2D eigenvalue weighted by Crippen LogP contribution is -2.63. The van der Waals surface area contributed by atoms with Gasteiger partial charge in [0.25, 0.3) is 0 Å². The standard InChI is InChI=1S/C52H83N13O13S/c1-6-28(3)39(50(76)65-24-14-20-38(65)49(75)64-23-13-19-37(64)47(73)62-40(51(77)78)29(4)7-2)61-45(71)35(26-66)59-44(70)34(25-31-15-9-8-10-16-31)58-48(74)41(30(5)67)63-46(72)36(27-79)60-43(69)33(18-12-22-56-52(53)54)57-42(68)32-17-11-21-55-32/h8-10,15-16,28-30,32-41,55,66-67,79H,6-7,11-14,17-27H2,1-5H3,(H,57,68)(H,58,74)(H,59,70)(H,60,69)(H,61,71)(H,62,73)(H,63,72)(H,77,78)(H4,53,54,56)/t28-,29-,30+,32-,33-,34-,35-,36-,37-,38-,39-,40-,41-/m0/s1. The zero-order valence-corrected chi connectivity index (χ0v) is 46.7. The second-order valence-corrected chi connectivity index (χ2v) is 21.0. The summed E-state index contributed by atoms with van der Waals surface area (Å²) in [5.41, 5.74) is 11.4. The second kappa shape index (κ2) is 31.9. The van der Waals surface area contributed by atoms with Crippen LogP contribution in [0.15, 0.2) is 35.3 Å². The van der Waals surface area contributed by atoms with Crippen LogP contribution in [0.2, 0.25) is 0 Å². The number of aliphatic carboxylic acids is 1. The predicted molar refractivity (Wildman–Crippen MR) is 293 cm³/mol. The van der Waals surface area contributed by atoms with Gasteiger partial charge in [-0.05, 0) is 82.2 Å². The van der Waals surface area contributed by atoms with Crippen LogP contribution in [-0.2, 0) is 54.4 Å². The van der Waals surface area contributed by atoms with Gasteiger partial charge in [-0.2, -0.15) is 12.6 Å². The van der Waals surface area contributed by atoms with Crippen molar-refractivity contribution in [3.8, 4) is 0 Å². The van der Waals surface area contributed by atoms with Gasteiger partial charge in [-0.1, -0.05) is 70.9 Å². The molecule has 13 atom stereocenters. The Morgan fingerprint density at radius 3 is 1.84 bits per heavy atom. The Morgan fingerprint density at radius 1 is 0.684 bits per heavy atom. The summed E-state index contributed by atoms with van der Waals surface area (Å²) in [7, 11) is 0. The number of benzene rings is 1. The van der Waals surface area contributed by atoms with Gasteiger partial charge in [0.15, 0.2) is 5.96 Å². The predicted octanol–water partition coefficient (Wildman–Crippen LogP) is -3.11. The van der Waals surface area contributed by atoms with Gasteiger partial charge in [0.1, 0.15) is 54.4 Å². The van der Waals surface area contributed by atoms with E-state index in [4.69, 9.17) is 11.5 Å². The molecule has 4 rings (SSSR count). The summed E-state index contributed by atoms with van der Waals surface area (Å²) < 4.78 is 0. The maximum absolute atomic E-state index is 14.5. The van der Waals surface area contributed by atoms with Crippen LogP contribution in [0.4, 0.5) is 0 Å². The maximum atomic E-state index is 14.5. The Labute approximate surface area is 466 Å². The van der Waals surface area contributed by atoms with Gasteiger partial charge in [-0.3, -0.25) is 48.1 Å². The first-order chi connectivity index (χ1) is 37.6. The fraction of sp³-hybridized carbons (Fsp3) is 0.673. The van der Waals surface area contributed by atoms with Crippen molar-refractivity contribution in [3.63, 3.8) is 0 Å². The molecule has 3 heterocycles. The number of hydrogen-bond donors (Lipinski definition) is 14. The highest BCUT2D eigenvalue weighted by Gasteiger charge is 2.45. The van der Waals surface area contributed by atoms with Crippen molar-refractivity contribution in [2.75, 3.05) is 38.5 Å². The number of nitrogens with zero attached hydrogens (tertiary/aromatic N) is 3. The molecule has 3 fully saturated rings. The SMILES string of the molecule is CC[C@H](C)[C@H](NC(=O)[C@@H]1CCCN1C(=O)[C@@H]1CCCN1C(=O)[C@@H](NC(=O)[C@H](CO)NC(=O)[C@H](Cc1ccccc1)NC(=O)[C@@H](NC(=O)[C@H](CS)NC(=O)[C@H](CCCN=C(N)N)NC(=O)[C@@H]1CCCN1)[C@@H](C)O)[C@@H](C)CC)C(=O)O. The van der Waals surface area contributed by atoms with Crippen molar-refractivity contribution < 1.29 is 63.3 Å². The van der Waals surface area contributed by atoms with E-state index in [1.165, 1.54) is 16.7 Å². The summed E-state index contributed by atoms with van der Waals surface area (Å²) >= 11 is 4.25. The van der Waals surface area contributed by atoms with Crippen LogP contribution in [0.25, 0.3) is 0 Å². The lowest BCUT2D eigenvalue weighted by Gasteiger charge is -2.35. The van der Waals surface area contributed by atoms with Crippen LogP contribution >= 0.6 is 12.6 Å². The number of carbonyl (C=O) groups is 10. The number of rotatable bonds is 30. The largest absolute Gasteiger partial charge is 0.480 e. The van der Waals surface area contributed by atoms with Crippen LogP contribution < -0.4 is 54.0 Å². The van der Waals surface area contributed by atoms with E-state index in [-0.39, 0.29) is 62.9 Å². The molecular formula is C52H83N13O13S. The number of aliphatic hydroxyl groups excluding tert-OH is 2. The van der Waals surface area contributed by atoms with Crippen molar-refractivity contribution in [3.05, 3.63) is 35.9 Å². The molecule has 0 aromatic heterocycles. The van der Waals surface area contributed by atoms with Crippen molar-refractivity contribution in [1.29, 1.82) is 0 Å². The molecule has 0 saturated carbocycles. The molecule has 0 bridgehead atoms. The lowest BCUT2D eigenvalue weighted by atomic mass is 9.96. The number of hydrogen-bond acceptors (Lipinski definition) is 15. The summed E-state index contributed by atoms with van der Waals surface area (Å²) in [5, 5.41) is 52.2. The van der Waals surface area contributed by atoms with E-state index in [0.717, 1.165) is 6.42 Å². The average molecular weight is 1130 g/mol. The minimum Gasteiger partial charge on any atom is -0.480 e. The minimum absolute atomic E-state index is 0.0881. The normalized spacial score (nSPS) is 20.8. The molecule has 440 valence electrons. The number of guanidine groups is 1. The summed E-state index contributed by atoms with van der Waals surface area (Å²) in [5.74, 6) is -9.32. The number of carbonyl (C=O) groups excluding carboxylic acids is 9. The molecule has 3 aliphatic rings. The molecule has 9 amide bonds. The number of likely N-dealkylation sites (tertiary alicyclic amines) is 2. The topological polar surface area (TPSA) is 399 Å². The molecule has 27 heteroatoms. The number of aliphatic imine (C=N–C) groups is 1. The monoisotopic (exact) mass is 1130 g/mol. The zero-order valence-electron chi connectivity index (χ0n) is 45.8. The fourth-order valence-corrected chi connectivity index (χ4v) is 9.95. The summed E-state index contributed by atoms with van der Waals surface area (Å²) in [6.07, 6.45) is 2.26. The molecule has 1 aromatic rings. The minimum atomic E-state index is -1.73. The highest BCUT2D eigenvalue weighted by Crippen LogP contribution is 2.27. The van der Waals surface area contributed by atoms with Crippen molar-refractivity contribution in [1.82, 2.24) is 52.3 Å². The molecular weight excluding hydrogens is 1050 g/mol. The van der Waals surface area contributed by atoms with Gasteiger partial charge < -0.3 is 79.1 Å².